The summed E-state index contributed by atoms with van der Waals surface area (Å²) in [6.45, 7) is 9.94. The summed E-state index contributed by atoms with van der Waals surface area (Å²) >= 11 is 0. The molecule has 1 saturated heterocycles. The second-order valence-electron chi connectivity index (χ2n) is 12.1. The number of hydrogen-bond donors (Lipinski definition) is 2. The molecule has 1 unspecified atom stereocenters. The number of hydrogen-bond acceptors (Lipinski definition) is 8. The lowest BCUT2D eigenvalue weighted by Crippen LogP contribution is -2.51. The van der Waals surface area contributed by atoms with Crippen LogP contribution in [0.3, 0.4) is 0 Å². The molecule has 196 valence electrons. The van der Waals surface area contributed by atoms with Crippen molar-refractivity contribution in [3.05, 3.63) is 23.6 Å². The third-order valence-corrected chi connectivity index (χ3v) is 7.34. The van der Waals surface area contributed by atoms with Crippen molar-refractivity contribution in [1.82, 2.24) is 35.4 Å². The molecule has 3 heterocycles. The number of nitrogens with one attached hydrogen (secondary N) is 1. The Morgan fingerprint density at radius 2 is 1.86 bits per heavy atom. The first-order valence-corrected chi connectivity index (χ1v) is 13.1. The van der Waals surface area contributed by atoms with E-state index in [9.17, 15) is 14.7 Å². The predicted molar refractivity (Wildman–Crippen MR) is 129 cm³/mol. The predicted octanol–water partition coefficient (Wildman–Crippen LogP) is 2.48. The van der Waals surface area contributed by atoms with Crippen LogP contribution in [0.5, 0.6) is 0 Å². The minimum absolute atomic E-state index is 0.00440. The van der Waals surface area contributed by atoms with Gasteiger partial charge < -0.3 is 19.8 Å². The van der Waals surface area contributed by atoms with Crippen LogP contribution >= 0.6 is 0 Å². The van der Waals surface area contributed by atoms with E-state index in [-0.39, 0.29) is 30.7 Å². The summed E-state index contributed by atoms with van der Waals surface area (Å²) in [6, 6.07) is -1.95. The zero-order chi connectivity index (χ0) is 25.8. The minimum Gasteiger partial charge on any atom is -0.391 e. The molecule has 0 spiro atoms. The second-order valence-corrected chi connectivity index (χ2v) is 12.1. The van der Waals surface area contributed by atoms with Gasteiger partial charge in [0, 0.05) is 31.0 Å². The number of aliphatic hydroxyl groups excluding tert-OH is 1. The molecule has 3 aliphatic rings. The molecular formula is C25H37N7O4. The molecule has 2 amide bonds. The Balaban J connectivity index is 1.35. The van der Waals surface area contributed by atoms with E-state index in [1.54, 1.807) is 4.68 Å². The largest absolute Gasteiger partial charge is 0.391 e. The van der Waals surface area contributed by atoms with Crippen LogP contribution < -0.4 is 5.32 Å². The van der Waals surface area contributed by atoms with Gasteiger partial charge in [-0.2, -0.15) is 4.98 Å². The lowest BCUT2D eigenvalue weighted by molar-refractivity contribution is -0.144. The third-order valence-electron chi connectivity index (χ3n) is 7.34. The zero-order valence-corrected chi connectivity index (χ0v) is 21.7. The number of nitrogens with zero attached hydrogens (tertiary/aromatic N) is 6. The van der Waals surface area contributed by atoms with Crippen molar-refractivity contribution in [2.75, 3.05) is 6.54 Å². The van der Waals surface area contributed by atoms with Crippen LogP contribution in [-0.4, -0.2) is 65.6 Å². The molecular weight excluding hydrogens is 462 g/mol. The van der Waals surface area contributed by atoms with Gasteiger partial charge in [-0.1, -0.05) is 45.0 Å². The van der Waals surface area contributed by atoms with E-state index in [4.69, 9.17) is 4.52 Å². The van der Waals surface area contributed by atoms with Gasteiger partial charge in [-0.3, -0.25) is 9.59 Å². The SMILES string of the molecule is CC(C)C(NC(=O)[C@H]1C[C@H](O)CN1C(=O)[C@H](n1cc(C2CC2)nn1)C(C)(C)C)c1nc(C2CC2)no1. The molecule has 2 aliphatic carbocycles. The highest BCUT2D eigenvalue weighted by molar-refractivity contribution is 5.90. The molecule has 5 rings (SSSR count). The summed E-state index contributed by atoms with van der Waals surface area (Å²) in [5.41, 5.74) is 0.418. The summed E-state index contributed by atoms with van der Waals surface area (Å²) in [4.78, 5) is 33.5. The molecule has 36 heavy (non-hydrogen) atoms. The van der Waals surface area contributed by atoms with Gasteiger partial charge in [-0.05, 0) is 37.0 Å². The molecule has 2 aromatic rings. The van der Waals surface area contributed by atoms with Crippen molar-refractivity contribution in [2.24, 2.45) is 11.3 Å². The quantitative estimate of drug-likeness (QED) is 0.565. The van der Waals surface area contributed by atoms with Crippen LogP contribution in [0.15, 0.2) is 10.7 Å². The van der Waals surface area contributed by atoms with Crippen LogP contribution in [-0.2, 0) is 9.59 Å². The highest BCUT2D eigenvalue weighted by Gasteiger charge is 2.46. The average Bonchev–Trinajstić information content (AvgIpc) is 3.70. The highest BCUT2D eigenvalue weighted by Crippen LogP contribution is 2.41. The maximum Gasteiger partial charge on any atom is 0.249 e. The molecule has 0 aromatic carbocycles. The number of carbonyl (C=O) groups excluding carboxylic acids is 2. The fourth-order valence-electron chi connectivity index (χ4n) is 4.97. The van der Waals surface area contributed by atoms with Gasteiger partial charge in [-0.15, -0.1) is 5.10 Å². The van der Waals surface area contributed by atoms with Crippen LogP contribution in [0.1, 0.15) is 108 Å². The Bertz CT molecular complexity index is 1110. The van der Waals surface area contributed by atoms with Crippen molar-refractivity contribution < 1.29 is 19.2 Å². The summed E-state index contributed by atoms with van der Waals surface area (Å²) in [7, 11) is 0. The summed E-state index contributed by atoms with van der Waals surface area (Å²) in [5.74, 6) is 1.23. The van der Waals surface area contributed by atoms with Gasteiger partial charge in [0.05, 0.1) is 11.8 Å². The van der Waals surface area contributed by atoms with Crippen molar-refractivity contribution in [1.29, 1.82) is 0 Å². The van der Waals surface area contributed by atoms with Crippen molar-refractivity contribution in [3.63, 3.8) is 0 Å². The summed E-state index contributed by atoms with van der Waals surface area (Å²) in [5, 5.41) is 26.2. The number of likely N-dealkylation sites (tertiary alicyclic amines) is 1. The first-order chi connectivity index (χ1) is 17.0. The number of amides is 2. The van der Waals surface area contributed by atoms with Gasteiger partial charge in [0.25, 0.3) is 0 Å². The van der Waals surface area contributed by atoms with Crippen LogP contribution in [0.4, 0.5) is 0 Å². The fraction of sp³-hybridized carbons (Fsp3) is 0.760. The molecule has 2 saturated carbocycles. The number of carbonyl (C=O) groups is 2. The van der Waals surface area contributed by atoms with Crippen LogP contribution in [0, 0.1) is 11.3 Å². The lowest BCUT2D eigenvalue weighted by atomic mass is 9.85. The maximum atomic E-state index is 13.9. The van der Waals surface area contributed by atoms with Crippen molar-refractivity contribution >= 4 is 11.8 Å². The lowest BCUT2D eigenvalue weighted by Gasteiger charge is -2.35. The third kappa shape index (κ3) is 5.02. The van der Waals surface area contributed by atoms with Gasteiger partial charge in [0.15, 0.2) is 5.82 Å². The van der Waals surface area contributed by atoms with E-state index in [1.165, 1.54) is 4.90 Å². The van der Waals surface area contributed by atoms with Crippen molar-refractivity contribution in [3.8, 4) is 0 Å². The second kappa shape index (κ2) is 9.24. The zero-order valence-electron chi connectivity index (χ0n) is 21.7. The minimum atomic E-state index is -0.809. The van der Waals surface area contributed by atoms with E-state index < -0.39 is 29.6 Å². The molecule has 0 bridgehead atoms. The van der Waals surface area contributed by atoms with Crippen molar-refractivity contribution in [2.45, 2.75) is 103 Å². The maximum absolute atomic E-state index is 13.9. The summed E-state index contributed by atoms with van der Waals surface area (Å²) < 4.78 is 7.12. The average molecular weight is 500 g/mol. The Morgan fingerprint density at radius 1 is 1.17 bits per heavy atom. The van der Waals surface area contributed by atoms with E-state index in [1.807, 2.05) is 40.8 Å². The Morgan fingerprint density at radius 3 is 2.47 bits per heavy atom. The topological polar surface area (TPSA) is 139 Å². The van der Waals surface area contributed by atoms with E-state index in [0.29, 0.717) is 23.6 Å². The van der Waals surface area contributed by atoms with Gasteiger partial charge >= 0.3 is 0 Å². The fourth-order valence-corrected chi connectivity index (χ4v) is 4.97. The van der Waals surface area contributed by atoms with E-state index >= 15 is 0 Å². The molecule has 2 aromatic heterocycles. The first kappa shape index (κ1) is 24.9. The van der Waals surface area contributed by atoms with Gasteiger partial charge in [-0.25, -0.2) is 4.68 Å². The molecule has 4 atom stereocenters. The molecule has 11 heteroatoms. The molecule has 11 nitrogen and oxygen atoms in total. The molecule has 2 N–H and O–H groups in total. The number of rotatable bonds is 8. The van der Waals surface area contributed by atoms with Gasteiger partial charge in [0.1, 0.15) is 18.1 Å². The first-order valence-electron chi connectivity index (χ1n) is 13.1. The smallest absolute Gasteiger partial charge is 0.249 e. The normalized spacial score (nSPS) is 24.2. The summed E-state index contributed by atoms with van der Waals surface area (Å²) in [6.07, 6.45) is 5.52. The molecule has 1 aliphatic heterocycles. The molecule has 0 radical (unpaired) electrons. The Kier molecular flexibility index (Phi) is 6.38. The Labute approximate surface area is 211 Å². The van der Waals surface area contributed by atoms with Crippen LogP contribution in [0.2, 0.25) is 0 Å². The van der Waals surface area contributed by atoms with Crippen LogP contribution in [0.25, 0.3) is 0 Å². The number of aromatic nitrogens is 5. The van der Waals surface area contributed by atoms with E-state index in [0.717, 1.165) is 31.4 Å². The standard InChI is InChI=1S/C25H37N7O4/c1-13(2)19(23-27-21(29-36-23)15-8-9-15)26-22(34)18-10-16(33)11-31(18)24(35)20(25(3,4)5)32-12-17(28-30-32)14-6-7-14/h12-16,18-20,33H,6-11H2,1-5H3,(H,26,34)/t16-,18+,19?,20-/m0/s1. The Hall–Kier alpha value is -2.82. The van der Waals surface area contributed by atoms with Gasteiger partial charge in [0.2, 0.25) is 17.7 Å². The monoisotopic (exact) mass is 499 g/mol. The highest BCUT2D eigenvalue weighted by atomic mass is 16.5. The van der Waals surface area contributed by atoms with E-state index in [2.05, 4.69) is 25.8 Å². The number of aliphatic hydroxyl groups is 1. The molecule has 3 fully saturated rings. The number of β-amino-alcohol motifs (C(OH)–C–C–N with tert-alkyl or cyclic N) is 1.